The number of anilines is 1. The van der Waals surface area contributed by atoms with Gasteiger partial charge in [0.25, 0.3) is 0 Å². The Hall–Kier alpha value is -2.36. The number of benzene rings is 1. The molecule has 2 rings (SSSR count). The van der Waals surface area contributed by atoms with Crippen LogP contribution < -0.4 is 10.1 Å². The fourth-order valence-electron chi connectivity index (χ4n) is 1.79. The second-order valence-electron chi connectivity index (χ2n) is 4.56. The zero-order valence-electron chi connectivity index (χ0n) is 11.5. The second-order valence-corrected chi connectivity index (χ2v) is 4.56. The molecule has 1 N–H and O–H groups in total. The predicted molar refractivity (Wildman–Crippen MR) is 78.8 cm³/mol. The van der Waals surface area contributed by atoms with Gasteiger partial charge in [0.2, 0.25) is 5.91 Å². The summed E-state index contributed by atoms with van der Waals surface area (Å²) in [7, 11) is 0. The van der Waals surface area contributed by atoms with Crippen LogP contribution in [0.25, 0.3) is 0 Å². The van der Waals surface area contributed by atoms with Gasteiger partial charge in [0, 0.05) is 12.6 Å². The molecular weight excluding hydrogens is 252 g/mol. The fraction of sp³-hybridized carbons (Fsp3) is 0.250. The first-order chi connectivity index (χ1) is 9.74. The van der Waals surface area contributed by atoms with Gasteiger partial charge in [0.15, 0.2) is 0 Å². The summed E-state index contributed by atoms with van der Waals surface area (Å²) in [5.74, 6) is 0.823. The van der Waals surface area contributed by atoms with Crippen molar-refractivity contribution in [3.8, 4) is 5.75 Å². The summed E-state index contributed by atoms with van der Waals surface area (Å²) in [4.78, 5) is 15.6. The number of amides is 1. The number of nitrogens with one attached hydrogen (secondary N) is 1. The first-order valence-corrected chi connectivity index (χ1v) is 6.63. The van der Waals surface area contributed by atoms with E-state index in [4.69, 9.17) is 4.74 Å². The lowest BCUT2D eigenvalue weighted by molar-refractivity contribution is -0.116. The third-order valence-corrected chi connectivity index (χ3v) is 2.75. The predicted octanol–water partition coefficient (Wildman–Crippen LogP) is 3.19. The SMILES string of the molecule is Cc1cccc(OCCCC(=O)Nc2cccnc2)c1. The Balaban J connectivity index is 1.67. The molecule has 1 amide bonds. The molecule has 1 aromatic heterocycles. The van der Waals surface area contributed by atoms with Gasteiger partial charge in [-0.05, 0) is 43.2 Å². The van der Waals surface area contributed by atoms with Crippen molar-refractivity contribution in [3.05, 3.63) is 54.4 Å². The van der Waals surface area contributed by atoms with E-state index < -0.39 is 0 Å². The Morgan fingerprint density at radius 3 is 2.95 bits per heavy atom. The molecule has 1 heterocycles. The lowest BCUT2D eigenvalue weighted by Crippen LogP contribution is -2.12. The highest BCUT2D eigenvalue weighted by molar-refractivity contribution is 5.90. The molecular formula is C16H18N2O2. The number of nitrogens with zero attached hydrogens (tertiary/aromatic N) is 1. The summed E-state index contributed by atoms with van der Waals surface area (Å²) in [6.07, 6.45) is 4.41. The van der Waals surface area contributed by atoms with Gasteiger partial charge in [0.1, 0.15) is 5.75 Å². The molecule has 0 radical (unpaired) electrons. The highest BCUT2D eigenvalue weighted by Gasteiger charge is 2.02. The van der Waals surface area contributed by atoms with Crippen molar-refractivity contribution in [3.63, 3.8) is 0 Å². The van der Waals surface area contributed by atoms with Crippen LogP contribution in [0.1, 0.15) is 18.4 Å². The van der Waals surface area contributed by atoms with Gasteiger partial charge in [-0.3, -0.25) is 9.78 Å². The summed E-state index contributed by atoms with van der Waals surface area (Å²) in [6, 6.07) is 11.5. The van der Waals surface area contributed by atoms with Gasteiger partial charge in [-0.1, -0.05) is 12.1 Å². The molecule has 104 valence electrons. The Labute approximate surface area is 118 Å². The fourth-order valence-corrected chi connectivity index (χ4v) is 1.79. The summed E-state index contributed by atoms with van der Waals surface area (Å²) in [5.41, 5.74) is 1.88. The third-order valence-electron chi connectivity index (χ3n) is 2.75. The van der Waals surface area contributed by atoms with Crippen LogP contribution in [0.15, 0.2) is 48.8 Å². The Kier molecular flexibility index (Phi) is 5.12. The zero-order valence-corrected chi connectivity index (χ0v) is 11.5. The first kappa shape index (κ1) is 14.1. The molecule has 0 aliphatic heterocycles. The molecule has 4 heteroatoms. The molecule has 2 aromatic rings. The number of aromatic nitrogens is 1. The van der Waals surface area contributed by atoms with Gasteiger partial charge >= 0.3 is 0 Å². The normalized spacial score (nSPS) is 10.1. The maximum absolute atomic E-state index is 11.7. The number of hydrogen-bond acceptors (Lipinski definition) is 3. The third kappa shape index (κ3) is 4.72. The van der Waals surface area contributed by atoms with E-state index in [0.29, 0.717) is 19.4 Å². The van der Waals surface area contributed by atoms with Crippen LogP contribution in [-0.4, -0.2) is 17.5 Å². The van der Waals surface area contributed by atoms with Gasteiger partial charge in [-0.2, -0.15) is 0 Å². The number of hydrogen-bond donors (Lipinski definition) is 1. The van der Waals surface area contributed by atoms with Crippen LogP contribution in [0.2, 0.25) is 0 Å². The largest absolute Gasteiger partial charge is 0.494 e. The Bertz CT molecular complexity index is 555. The van der Waals surface area contributed by atoms with Crippen LogP contribution in [0.3, 0.4) is 0 Å². The molecule has 0 aliphatic rings. The molecule has 0 saturated heterocycles. The van der Waals surface area contributed by atoms with Crippen molar-refractivity contribution < 1.29 is 9.53 Å². The molecule has 20 heavy (non-hydrogen) atoms. The van der Waals surface area contributed by atoms with Gasteiger partial charge in [-0.25, -0.2) is 0 Å². The monoisotopic (exact) mass is 270 g/mol. The van der Waals surface area contributed by atoms with E-state index in [0.717, 1.165) is 17.0 Å². The maximum Gasteiger partial charge on any atom is 0.224 e. The highest BCUT2D eigenvalue weighted by atomic mass is 16.5. The Morgan fingerprint density at radius 1 is 1.30 bits per heavy atom. The number of carbonyl (C=O) groups excluding carboxylic acids is 1. The number of rotatable bonds is 6. The lowest BCUT2D eigenvalue weighted by atomic mass is 10.2. The maximum atomic E-state index is 11.7. The molecule has 1 aromatic carbocycles. The van der Waals surface area contributed by atoms with Crippen LogP contribution in [0, 0.1) is 6.92 Å². The van der Waals surface area contributed by atoms with Crippen LogP contribution >= 0.6 is 0 Å². The molecule has 0 aliphatic carbocycles. The van der Waals surface area contributed by atoms with Gasteiger partial charge in [-0.15, -0.1) is 0 Å². The summed E-state index contributed by atoms with van der Waals surface area (Å²) in [5, 5.41) is 2.79. The van der Waals surface area contributed by atoms with E-state index in [1.807, 2.05) is 37.3 Å². The van der Waals surface area contributed by atoms with E-state index in [-0.39, 0.29) is 5.91 Å². The summed E-state index contributed by atoms with van der Waals surface area (Å²) < 4.78 is 5.60. The van der Waals surface area contributed by atoms with Gasteiger partial charge < -0.3 is 10.1 Å². The molecule has 0 spiro atoms. The van der Waals surface area contributed by atoms with Crippen molar-refractivity contribution in [1.82, 2.24) is 4.98 Å². The molecule has 0 fully saturated rings. The van der Waals surface area contributed by atoms with Crippen molar-refractivity contribution >= 4 is 11.6 Å². The smallest absolute Gasteiger partial charge is 0.224 e. The standard InChI is InChI=1S/C16H18N2O2/c1-13-5-2-7-15(11-13)20-10-4-8-16(19)18-14-6-3-9-17-12-14/h2-3,5-7,9,11-12H,4,8,10H2,1H3,(H,18,19). The van der Waals surface area contributed by atoms with Crippen molar-refractivity contribution in [2.24, 2.45) is 0 Å². The topological polar surface area (TPSA) is 51.2 Å². The van der Waals surface area contributed by atoms with Crippen molar-refractivity contribution in [2.45, 2.75) is 19.8 Å². The quantitative estimate of drug-likeness (QED) is 0.820. The van der Waals surface area contributed by atoms with E-state index in [1.165, 1.54) is 0 Å². The molecule has 0 unspecified atom stereocenters. The molecule has 0 bridgehead atoms. The van der Waals surface area contributed by atoms with E-state index in [1.54, 1.807) is 18.5 Å². The van der Waals surface area contributed by atoms with E-state index in [2.05, 4.69) is 10.3 Å². The first-order valence-electron chi connectivity index (χ1n) is 6.63. The molecule has 0 atom stereocenters. The number of carbonyl (C=O) groups is 1. The zero-order chi connectivity index (χ0) is 14.2. The Morgan fingerprint density at radius 2 is 2.20 bits per heavy atom. The van der Waals surface area contributed by atoms with Crippen LogP contribution in [0.4, 0.5) is 5.69 Å². The van der Waals surface area contributed by atoms with E-state index in [9.17, 15) is 4.79 Å². The van der Waals surface area contributed by atoms with Crippen molar-refractivity contribution in [2.75, 3.05) is 11.9 Å². The van der Waals surface area contributed by atoms with Crippen LogP contribution in [0.5, 0.6) is 5.75 Å². The van der Waals surface area contributed by atoms with Crippen molar-refractivity contribution in [1.29, 1.82) is 0 Å². The van der Waals surface area contributed by atoms with E-state index >= 15 is 0 Å². The minimum atomic E-state index is -0.0224. The van der Waals surface area contributed by atoms with Gasteiger partial charge in [0.05, 0.1) is 18.5 Å². The van der Waals surface area contributed by atoms with Crippen LogP contribution in [-0.2, 0) is 4.79 Å². The number of ether oxygens (including phenoxy) is 1. The average molecular weight is 270 g/mol. The number of pyridine rings is 1. The second kappa shape index (κ2) is 7.28. The summed E-state index contributed by atoms with van der Waals surface area (Å²) >= 11 is 0. The molecule has 0 saturated carbocycles. The minimum absolute atomic E-state index is 0.0224. The average Bonchev–Trinajstić information content (AvgIpc) is 2.45. The summed E-state index contributed by atoms with van der Waals surface area (Å²) in [6.45, 7) is 2.55. The highest BCUT2D eigenvalue weighted by Crippen LogP contribution is 2.12. The molecule has 4 nitrogen and oxygen atoms in total. The lowest BCUT2D eigenvalue weighted by Gasteiger charge is -2.07. The number of aryl methyl sites for hydroxylation is 1. The minimum Gasteiger partial charge on any atom is -0.494 e.